The first-order valence-electron chi connectivity index (χ1n) is 10.3. The number of likely N-dealkylation sites (tertiary alicyclic amines) is 1. The number of alkyl carbamates (subject to hydrolysis) is 1. The number of nitrogens with one attached hydrogen (secondary N) is 1. The average Bonchev–Trinajstić information content (AvgIpc) is 3.17. The van der Waals surface area contributed by atoms with Gasteiger partial charge in [-0.2, -0.15) is 0 Å². The molecule has 0 aromatic carbocycles. The number of hydrogen-bond donors (Lipinski definition) is 1. The summed E-state index contributed by atoms with van der Waals surface area (Å²) in [5.41, 5.74) is -0.658. The van der Waals surface area contributed by atoms with E-state index in [-0.39, 0.29) is 24.4 Å². The van der Waals surface area contributed by atoms with Crippen molar-refractivity contribution in [3.05, 3.63) is 12.7 Å². The van der Waals surface area contributed by atoms with E-state index >= 15 is 0 Å². The van der Waals surface area contributed by atoms with Crippen molar-refractivity contribution in [3.63, 3.8) is 0 Å². The summed E-state index contributed by atoms with van der Waals surface area (Å²) in [6, 6.07) is -1.32. The predicted molar refractivity (Wildman–Crippen MR) is 106 cm³/mol. The van der Waals surface area contributed by atoms with Crippen LogP contribution in [0.4, 0.5) is 4.79 Å². The van der Waals surface area contributed by atoms with E-state index < -0.39 is 23.8 Å². The van der Waals surface area contributed by atoms with Gasteiger partial charge in [-0.15, -0.1) is 6.58 Å². The minimum absolute atomic E-state index is 0.143. The molecule has 4 atom stereocenters. The lowest BCUT2D eigenvalue weighted by Crippen LogP contribution is -2.53. The van der Waals surface area contributed by atoms with Gasteiger partial charge >= 0.3 is 12.1 Å². The summed E-state index contributed by atoms with van der Waals surface area (Å²) in [4.78, 5) is 39.8. The standard InChI is InChI=1S/C21H34N2O5/c1-6-8-12-16(22-20(26)28-21(3,4)5)18(24)23-13-14-10-9-11-15(14)17(23)19(25)27-7-2/h6,14-17H,1,7-13H2,2-5H3,(H,22,26)/t14-,15-,16-,17-/m0/s1. The molecular weight excluding hydrogens is 360 g/mol. The van der Waals surface area contributed by atoms with Crippen molar-refractivity contribution in [2.45, 2.75) is 77.5 Å². The fourth-order valence-electron chi connectivity index (χ4n) is 4.25. The Kier molecular flexibility index (Phi) is 7.49. The molecule has 2 amide bonds. The molecule has 1 saturated carbocycles. The number of hydrogen-bond acceptors (Lipinski definition) is 5. The topological polar surface area (TPSA) is 84.9 Å². The molecule has 7 heteroatoms. The van der Waals surface area contributed by atoms with Gasteiger partial charge in [0, 0.05) is 6.54 Å². The molecule has 1 saturated heterocycles. The van der Waals surface area contributed by atoms with Gasteiger partial charge in [0.05, 0.1) is 6.61 Å². The van der Waals surface area contributed by atoms with Gasteiger partial charge in [-0.3, -0.25) is 4.79 Å². The summed E-state index contributed by atoms with van der Waals surface area (Å²) in [6.45, 7) is 11.6. The van der Waals surface area contributed by atoms with Crippen LogP contribution in [0.5, 0.6) is 0 Å². The number of ether oxygens (including phenoxy) is 2. The molecule has 0 radical (unpaired) electrons. The fourth-order valence-corrected chi connectivity index (χ4v) is 4.25. The van der Waals surface area contributed by atoms with Crippen molar-refractivity contribution in [2.24, 2.45) is 11.8 Å². The molecule has 1 aliphatic heterocycles. The van der Waals surface area contributed by atoms with E-state index in [9.17, 15) is 14.4 Å². The van der Waals surface area contributed by atoms with Crippen molar-refractivity contribution in [2.75, 3.05) is 13.2 Å². The number of carbonyl (C=O) groups is 3. The molecule has 0 aromatic heterocycles. The van der Waals surface area contributed by atoms with Crippen LogP contribution in [0, 0.1) is 11.8 Å². The summed E-state index contributed by atoms with van der Waals surface area (Å²) in [5, 5.41) is 2.69. The van der Waals surface area contributed by atoms with Gasteiger partial charge in [-0.1, -0.05) is 12.5 Å². The molecule has 2 fully saturated rings. The second kappa shape index (κ2) is 9.43. The minimum atomic E-state index is -0.761. The van der Waals surface area contributed by atoms with E-state index in [2.05, 4.69) is 11.9 Å². The third-order valence-corrected chi connectivity index (χ3v) is 5.35. The lowest BCUT2D eigenvalue weighted by molar-refractivity contribution is -0.155. The number of amides is 2. The highest BCUT2D eigenvalue weighted by molar-refractivity contribution is 5.90. The zero-order chi connectivity index (χ0) is 20.9. The maximum atomic E-state index is 13.3. The maximum Gasteiger partial charge on any atom is 0.408 e. The summed E-state index contributed by atoms with van der Waals surface area (Å²) < 4.78 is 10.6. The number of nitrogens with zero attached hydrogens (tertiary/aromatic N) is 1. The molecule has 1 heterocycles. The lowest BCUT2D eigenvalue weighted by atomic mass is 9.94. The van der Waals surface area contributed by atoms with Crippen LogP contribution in [0.2, 0.25) is 0 Å². The monoisotopic (exact) mass is 394 g/mol. The van der Waals surface area contributed by atoms with Gasteiger partial charge < -0.3 is 19.7 Å². The van der Waals surface area contributed by atoms with Crippen molar-refractivity contribution in [3.8, 4) is 0 Å². The summed E-state index contributed by atoms with van der Waals surface area (Å²) in [6.07, 6.45) is 5.06. The van der Waals surface area contributed by atoms with E-state index in [1.807, 2.05) is 0 Å². The number of fused-ring (bicyclic) bond motifs is 1. The van der Waals surface area contributed by atoms with Crippen LogP contribution >= 0.6 is 0 Å². The van der Waals surface area contributed by atoms with Crippen LogP contribution in [0.1, 0.15) is 59.8 Å². The Balaban J connectivity index is 2.17. The smallest absolute Gasteiger partial charge is 0.408 e. The van der Waals surface area contributed by atoms with Gasteiger partial charge in [0.15, 0.2) is 0 Å². The Hall–Kier alpha value is -2.05. The summed E-state index contributed by atoms with van der Waals surface area (Å²) in [5.74, 6) is -0.130. The zero-order valence-electron chi connectivity index (χ0n) is 17.5. The number of allylic oxidation sites excluding steroid dienone is 1. The van der Waals surface area contributed by atoms with Crippen LogP contribution in [-0.2, 0) is 19.1 Å². The lowest BCUT2D eigenvalue weighted by Gasteiger charge is -2.30. The molecule has 7 nitrogen and oxygen atoms in total. The minimum Gasteiger partial charge on any atom is -0.464 e. The molecule has 0 aromatic rings. The largest absolute Gasteiger partial charge is 0.464 e. The zero-order valence-corrected chi connectivity index (χ0v) is 17.5. The number of esters is 1. The molecule has 0 spiro atoms. The Labute approximate surface area is 167 Å². The Morgan fingerprint density at radius 3 is 2.61 bits per heavy atom. The van der Waals surface area contributed by atoms with E-state index in [1.165, 1.54) is 0 Å². The highest BCUT2D eigenvalue weighted by atomic mass is 16.6. The second-order valence-corrected chi connectivity index (χ2v) is 8.61. The molecule has 2 rings (SSSR count). The van der Waals surface area contributed by atoms with E-state index in [0.717, 1.165) is 19.3 Å². The van der Waals surface area contributed by atoms with Crippen molar-refractivity contribution < 1.29 is 23.9 Å². The molecule has 1 N–H and O–H groups in total. The number of carbonyl (C=O) groups excluding carboxylic acids is 3. The SMILES string of the molecule is C=CCC[C@H](NC(=O)OC(C)(C)C)C(=O)N1C[C@@H]2CCC[C@@H]2[C@H]1C(=O)OCC. The van der Waals surface area contributed by atoms with Crippen LogP contribution in [-0.4, -0.2) is 53.7 Å². The summed E-state index contributed by atoms with van der Waals surface area (Å²) in [7, 11) is 0. The number of rotatable bonds is 7. The van der Waals surface area contributed by atoms with Crippen molar-refractivity contribution >= 4 is 18.0 Å². The van der Waals surface area contributed by atoms with Gasteiger partial charge in [-0.05, 0) is 65.2 Å². The Morgan fingerprint density at radius 2 is 2.00 bits per heavy atom. The highest BCUT2D eigenvalue weighted by Gasteiger charge is 2.51. The Bertz CT molecular complexity index is 598. The first-order chi connectivity index (χ1) is 13.2. The molecule has 28 heavy (non-hydrogen) atoms. The van der Waals surface area contributed by atoms with Crippen LogP contribution < -0.4 is 5.32 Å². The van der Waals surface area contributed by atoms with E-state index in [4.69, 9.17) is 9.47 Å². The van der Waals surface area contributed by atoms with Gasteiger partial charge in [0.25, 0.3) is 0 Å². The fraction of sp³-hybridized carbons (Fsp3) is 0.762. The molecule has 2 aliphatic rings. The maximum absolute atomic E-state index is 13.3. The van der Waals surface area contributed by atoms with Gasteiger partial charge in [0.2, 0.25) is 5.91 Å². The molecule has 1 aliphatic carbocycles. The first kappa shape index (κ1) is 22.2. The first-order valence-corrected chi connectivity index (χ1v) is 10.3. The normalized spacial score (nSPS) is 25.0. The Morgan fingerprint density at radius 1 is 1.29 bits per heavy atom. The predicted octanol–water partition coefficient (Wildman–Crippen LogP) is 3.04. The quantitative estimate of drug-likeness (QED) is 0.530. The van der Waals surface area contributed by atoms with Gasteiger partial charge in [0.1, 0.15) is 17.7 Å². The van der Waals surface area contributed by atoms with E-state index in [1.54, 1.807) is 38.7 Å². The third kappa shape index (κ3) is 5.49. The third-order valence-electron chi connectivity index (χ3n) is 5.35. The molecule has 0 unspecified atom stereocenters. The van der Waals surface area contributed by atoms with Crippen LogP contribution in [0.25, 0.3) is 0 Å². The second-order valence-electron chi connectivity index (χ2n) is 8.61. The average molecular weight is 395 g/mol. The summed E-state index contributed by atoms with van der Waals surface area (Å²) >= 11 is 0. The van der Waals surface area contributed by atoms with E-state index in [0.29, 0.717) is 25.3 Å². The van der Waals surface area contributed by atoms with Crippen LogP contribution in [0.3, 0.4) is 0 Å². The molecule has 0 bridgehead atoms. The van der Waals surface area contributed by atoms with Crippen molar-refractivity contribution in [1.82, 2.24) is 10.2 Å². The molecule has 158 valence electrons. The van der Waals surface area contributed by atoms with Gasteiger partial charge in [-0.25, -0.2) is 9.59 Å². The molecular formula is C21H34N2O5. The van der Waals surface area contributed by atoms with Crippen molar-refractivity contribution in [1.29, 1.82) is 0 Å². The van der Waals surface area contributed by atoms with Crippen LogP contribution in [0.15, 0.2) is 12.7 Å². The highest BCUT2D eigenvalue weighted by Crippen LogP contribution is 2.43.